The Kier molecular flexibility index (Phi) is 2.85. The summed E-state index contributed by atoms with van der Waals surface area (Å²) in [6.45, 7) is 1.28. The molecule has 1 aliphatic heterocycles. The average molecular weight is 206 g/mol. The van der Waals surface area contributed by atoms with E-state index in [1.807, 2.05) is 12.1 Å². The fourth-order valence-electron chi connectivity index (χ4n) is 2.04. The molecule has 0 bridgehead atoms. The smallest absolute Gasteiger partial charge is 0.407 e. The summed E-state index contributed by atoms with van der Waals surface area (Å²) in [7, 11) is 0. The van der Waals surface area contributed by atoms with Gasteiger partial charge in [-0.15, -0.1) is 0 Å². The minimum Gasteiger partial charge on any atom is -0.465 e. The summed E-state index contributed by atoms with van der Waals surface area (Å²) >= 11 is 0. The Bertz CT molecular complexity index is 332. The second kappa shape index (κ2) is 4.29. The van der Waals surface area contributed by atoms with Crippen molar-refractivity contribution in [2.24, 2.45) is 0 Å². The summed E-state index contributed by atoms with van der Waals surface area (Å²) in [6, 6.07) is 4.03. The monoisotopic (exact) mass is 206 g/mol. The molecule has 1 fully saturated rings. The number of nitrogens with zero attached hydrogens (tertiary/aromatic N) is 2. The third kappa shape index (κ3) is 2.26. The van der Waals surface area contributed by atoms with Crippen LogP contribution in [-0.4, -0.2) is 34.2 Å². The molecular formula is C11H14N2O2. The van der Waals surface area contributed by atoms with E-state index in [2.05, 4.69) is 4.98 Å². The highest BCUT2D eigenvalue weighted by Gasteiger charge is 2.22. The number of hydrogen-bond acceptors (Lipinski definition) is 2. The number of piperidine rings is 1. The molecule has 0 saturated carbocycles. The van der Waals surface area contributed by atoms with Crippen LogP contribution < -0.4 is 0 Å². The summed E-state index contributed by atoms with van der Waals surface area (Å²) in [4.78, 5) is 16.2. The number of carbonyl (C=O) groups is 1. The van der Waals surface area contributed by atoms with Gasteiger partial charge in [0.1, 0.15) is 0 Å². The molecule has 0 atom stereocenters. The fraction of sp³-hybridized carbons (Fsp3) is 0.455. The third-order valence-electron chi connectivity index (χ3n) is 2.94. The molecule has 2 rings (SSSR count). The summed E-state index contributed by atoms with van der Waals surface area (Å²) in [5.74, 6) is 0.489. The lowest BCUT2D eigenvalue weighted by molar-refractivity contribution is 0.132. The number of likely N-dealkylation sites (tertiary alicyclic amines) is 1. The molecule has 2 heterocycles. The van der Waals surface area contributed by atoms with Gasteiger partial charge in [0.15, 0.2) is 0 Å². The quantitative estimate of drug-likeness (QED) is 0.764. The van der Waals surface area contributed by atoms with E-state index in [0.717, 1.165) is 12.8 Å². The zero-order valence-electron chi connectivity index (χ0n) is 8.47. The highest BCUT2D eigenvalue weighted by atomic mass is 16.4. The van der Waals surface area contributed by atoms with E-state index in [-0.39, 0.29) is 0 Å². The normalized spacial score (nSPS) is 17.7. The van der Waals surface area contributed by atoms with Gasteiger partial charge in [0, 0.05) is 25.5 Å². The van der Waals surface area contributed by atoms with Crippen molar-refractivity contribution in [2.75, 3.05) is 13.1 Å². The van der Waals surface area contributed by atoms with E-state index in [1.165, 1.54) is 10.5 Å². The number of aromatic nitrogens is 1. The van der Waals surface area contributed by atoms with Crippen LogP contribution in [0.15, 0.2) is 24.5 Å². The van der Waals surface area contributed by atoms with Crippen LogP contribution in [-0.2, 0) is 0 Å². The molecule has 1 N–H and O–H groups in total. The second-order valence-corrected chi connectivity index (χ2v) is 3.82. The lowest BCUT2D eigenvalue weighted by atomic mass is 9.90. The van der Waals surface area contributed by atoms with Crippen LogP contribution in [0.2, 0.25) is 0 Å². The molecule has 0 spiro atoms. The largest absolute Gasteiger partial charge is 0.465 e. The topological polar surface area (TPSA) is 53.4 Å². The Morgan fingerprint density at radius 3 is 2.47 bits per heavy atom. The molecule has 0 aliphatic carbocycles. The Hall–Kier alpha value is -1.58. The first kappa shape index (κ1) is 9.96. The number of carboxylic acid groups (broad SMARTS) is 1. The standard InChI is InChI=1S/C11H14N2O2/c14-11(15)13-7-3-10(4-8-13)9-1-5-12-6-2-9/h1-2,5-6,10H,3-4,7-8H2,(H,14,15). The highest BCUT2D eigenvalue weighted by Crippen LogP contribution is 2.27. The molecule has 4 nitrogen and oxygen atoms in total. The predicted octanol–water partition coefficient (Wildman–Crippen LogP) is 1.94. The van der Waals surface area contributed by atoms with Crippen LogP contribution in [0.1, 0.15) is 24.3 Å². The van der Waals surface area contributed by atoms with Crippen molar-refractivity contribution in [3.8, 4) is 0 Å². The van der Waals surface area contributed by atoms with Gasteiger partial charge in [0.25, 0.3) is 0 Å². The first-order valence-electron chi connectivity index (χ1n) is 5.15. The summed E-state index contributed by atoms with van der Waals surface area (Å²) in [5, 5.41) is 8.81. The summed E-state index contributed by atoms with van der Waals surface area (Å²) in [5.41, 5.74) is 1.27. The molecular weight excluding hydrogens is 192 g/mol. The van der Waals surface area contributed by atoms with Crippen molar-refractivity contribution in [1.82, 2.24) is 9.88 Å². The van der Waals surface area contributed by atoms with Crippen molar-refractivity contribution in [3.05, 3.63) is 30.1 Å². The Balaban J connectivity index is 1.97. The molecule has 4 heteroatoms. The Morgan fingerprint density at radius 1 is 1.33 bits per heavy atom. The van der Waals surface area contributed by atoms with Crippen LogP contribution in [0.5, 0.6) is 0 Å². The van der Waals surface area contributed by atoms with Crippen molar-refractivity contribution in [2.45, 2.75) is 18.8 Å². The van der Waals surface area contributed by atoms with Crippen molar-refractivity contribution in [3.63, 3.8) is 0 Å². The lowest BCUT2D eigenvalue weighted by Crippen LogP contribution is -2.36. The van der Waals surface area contributed by atoms with Crippen molar-refractivity contribution in [1.29, 1.82) is 0 Å². The fourth-order valence-corrected chi connectivity index (χ4v) is 2.04. The van der Waals surface area contributed by atoms with Crippen LogP contribution in [0.25, 0.3) is 0 Å². The van der Waals surface area contributed by atoms with Crippen LogP contribution >= 0.6 is 0 Å². The lowest BCUT2D eigenvalue weighted by Gasteiger charge is -2.30. The zero-order chi connectivity index (χ0) is 10.7. The maximum atomic E-state index is 10.7. The third-order valence-corrected chi connectivity index (χ3v) is 2.94. The molecule has 0 radical (unpaired) electrons. The summed E-state index contributed by atoms with van der Waals surface area (Å²) < 4.78 is 0. The molecule has 15 heavy (non-hydrogen) atoms. The van der Waals surface area contributed by atoms with E-state index in [1.54, 1.807) is 12.4 Å². The minimum absolute atomic E-state index is 0.489. The first-order valence-corrected chi connectivity index (χ1v) is 5.15. The minimum atomic E-state index is -0.803. The Labute approximate surface area is 88.6 Å². The van der Waals surface area contributed by atoms with Gasteiger partial charge >= 0.3 is 6.09 Å². The average Bonchev–Trinajstić information content (AvgIpc) is 2.30. The van der Waals surface area contributed by atoms with E-state index in [0.29, 0.717) is 19.0 Å². The van der Waals surface area contributed by atoms with Crippen LogP contribution in [0.3, 0.4) is 0 Å². The Morgan fingerprint density at radius 2 is 1.93 bits per heavy atom. The molecule has 1 saturated heterocycles. The number of amides is 1. The molecule has 0 aromatic carbocycles. The van der Waals surface area contributed by atoms with Gasteiger partial charge in [0.05, 0.1) is 0 Å². The van der Waals surface area contributed by atoms with Crippen LogP contribution in [0.4, 0.5) is 4.79 Å². The molecule has 1 amide bonds. The van der Waals surface area contributed by atoms with Crippen molar-refractivity contribution < 1.29 is 9.90 Å². The zero-order valence-corrected chi connectivity index (χ0v) is 8.47. The maximum absolute atomic E-state index is 10.7. The van der Waals surface area contributed by atoms with E-state index < -0.39 is 6.09 Å². The number of hydrogen-bond donors (Lipinski definition) is 1. The highest BCUT2D eigenvalue weighted by molar-refractivity contribution is 5.65. The maximum Gasteiger partial charge on any atom is 0.407 e. The second-order valence-electron chi connectivity index (χ2n) is 3.82. The number of pyridine rings is 1. The first-order chi connectivity index (χ1) is 7.27. The molecule has 0 unspecified atom stereocenters. The molecule has 1 aromatic heterocycles. The molecule has 1 aliphatic rings. The predicted molar refractivity (Wildman–Crippen MR) is 55.8 cm³/mol. The van der Waals surface area contributed by atoms with Gasteiger partial charge in [-0.2, -0.15) is 0 Å². The summed E-state index contributed by atoms with van der Waals surface area (Å²) in [6.07, 6.45) is 4.60. The van der Waals surface area contributed by atoms with E-state index >= 15 is 0 Å². The van der Waals surface area contributed by atoms with Gasteiger partial charge in [0.2, 0.25) is 0 Å². The van der Waals surface area contributed by atoms with Gasteiger partial charge in [-0.1, -0.05) is 0 Å². The van der Waals surface area contributed by atoms with E-state index in [9.17, 15) is 4.79 Å². The van der Waals surface area contributed by atoms with E-state index in [4.69, 9.17) is 5.11 Å². The molecule has 1 aromatic rings. The van der Waals surface area contributed by atoms with Gasteiger partial charge in [-0.05, 0) is 36.5 Å². The SMILES string of the molecule is O=C(O)N1CCC(c2ccncc2)CC1. The van der Waals surface area contributed by atoms with Gasteiger partial charge in [-0.3, -0.25) is 4.98 Å². The molecule has 80 valence electrons. The van der Waals surface area contributed by atoms with Gasteiger partial charge < -0.3 is 10.0 Å². The van der Waals surface area contributed by atoms with Crippen LogP contribution in [0, 0.1) is 0 Å². The number of rotatable bonds is 1. The van der Waals surface area contributed by atoms with Crippen molar-refractivity contribution >= 4 is 6.09 Å². The van der Waals surface area contributed by atoms with Gasteiger partial charge in [-0.25, -0.2) is 4.79 Å².